The van der Waals surface area contributed by atoms with Crippen LogP contribution >= 0.6 is 0 Å². The van der Waals surface area contributed by atoms with Crippen molar-refractivity contribution < 1.29 is 0 Å². The van der Waals surface area contributed by atoms with Crippen molar-refractivity contribution in [2.24, 2.45) is 0 Å². The number of hydrogen-bond donors (Lipinski definition) is 1. The first-order valence-electron chi connectivity index (χ1n) is 4.69. The van der Waals surface area contributed by atoms with Crippen LogP contribution in [0.4, 0.5) is 5.95 Å². The van der Waals surface area contributed by atoms with Gasteiger partial charge >= 0.3 is 0 Å². The summed E-state index contributed by atoms with van der Waals surface area (Å²) < 4.78 is 3.35. The Morgan fingerprint density at radius 3 is 3.00 bits per heavy atom. The van der Waals surface area contributed by atoms with E-state index in [9.17, 15) is 0 Å². The summed E-state index contributed by atoms with van der Waals surface area (Å²) in [5.41, 5.74) is 5.40. The third-order valence-corrected chi connectivity index (χ3v) is 1.90. The Labute approximate surface area is 86.1 Å². The summed E-state index contributed by atoms with van der Waals surface area (Å²) in [5.74, 6) is 1.01. The molecule has 0 spiro atoms. The lowest BCUT2D eigenvalue weighted by molar-refractivity contribution is 0.532. The van der Waals surface area contributed by atoms with Gasteiger partial charge in [0, 0.05) is 6.54 Å². The smallest absolute Gasteiger partial charge is 0.239 e. The Bertz CT molecular complexity index is 430. The monoisotopic (exact) mass is 208 g/mol. The SMILES string of the molecule is CCCn1nnnc1Cn1cnc(N)n1. The van der Waals surface area contributed by atoms with Gasteiger partial charge in [-0.15, -0.1) is 10.2 Å². The molecule has 0 unspecified atom stereocenters. The molecule has 0 atom stereocenters. The number of rotatable bonds is 4. The molecular formula is C7H12N8. The quantitative estimate of drug-likeness (QED) is 0.713. The third kappa shape index (κ3) is 2.09. The van der Waals surface area contributed by atoms with Crippen LogP contribution in [0.3, 0.4) is 0 Å². The summed E-state index contributed by atoms with van der Waals surface area (Å²) in [6.07, 6.45) is 2.54. The lowest BCUT2D eigenvalue weighted by atomic mass is 10.5. The van der Waals surface area contributed by atoms with Crippen LogP contribution < -0.4 is 5.73 Å². The second-order valence-corrected chi connectivity index (χ2v) is 3.12. The minimum Gasteiger partial charge on any atom is -0.367 e. The van der Waals surface area contributed by atoms with Crippen LogP contribution in [-0.2, 0) is 13.1 Å². The highest BCUT2D eigenvalue weighted by Gasteiger charge is 2.06. The molecule has 0 aliphatic carbocycles. The van der Waals surface area contributed by atoms with E-state index < -0.39 is 0 Å². The van der Waals surface area contributed by atoms with Crippen molar-refractivity contribution in [2.45, 2.75) is 26.4 Å². The average Bonchev–Trinajstić information content (AvgIpc) is 2.78. The number of nitrogen functional groups attached to an aromatic ring is 1. The van der Waals surface area contributed by atoms with E-state index in [2.05, 4.69) is 32.5 Å². The number of nitrogens with two attached hydrogens (primary N) is 1. The van der Waals surface area contributed by atoms with Crippen molar-refractivity contribution in [3.63, 3.8) is 0 Å². The van der Waals surface area contributed by atoms with Crippen molar-refractivity contribution in [1.82, 2.24) is 35.0 Å². The highest BCUT2D eigenvalue weighted by molar-refractivity contribution is 5.09. The fourth-order valence-electron chi connectivity index (χ4n) is 1.25. The first kappa shape index (κ1) is 9.56. The van der Waals surface area contributed by atoms with Crippen LogP contribution in [0.25, 0.3) is 0 Å². The zero-order valence-electron chi connectivity index (χ0n) is 8.41. The first-order chi connectivity index (χ1) is 7.29. The lowest BCUT2D eigenvalue weighted by Crippen LogP contribution is -2.10. The molecule has 2 N–H and O–H groups in total. The highest BCUT2D eigenvalue weighted by Crippen LogP contribution is 1.98. The molecule has 0 aliphatic heterocycles. The number of anilines is 1. The number of hydrogen-bond acceptors (Lipinski definition) is 6. The molecule has 0 fully saturated rings. The normalized spacial score (nSPS) is 10.7. The third-order valence-electron chi connectivity index (χ3n) is 1.90. The van der Waals surface area contributed by atoms with Crippen LogP contribution in [0.15, 0.2) is 6.33 Å². The van der Waals surface area contributed by atoms with Crippen molar-refractivity contribution in [3.8, 4) is 0 Å². The zero-order valence-corrected chi connectivity index (χ0v) is 8.41. The molecule has 0 saturated carbocycles. The maximum atomic E-state index is 5.40. The molecule has 15 heavy (non-hydrogen) atoms. The number of nitrogens with zero attached hydrogens (tertiary/aromatic N) is 7. The van der Waals surface area contributed by atoms with Gasteiger partial charge in [0.1, 0.15) is 12.9 Å². The van der Waals surface area contributed by atoms with Gasteiger partial charge < -0.3 is 5.73 Å². The maximum absolute atomic E-state index is 5.40. The van der Waals surface area contributed by atoms with Gasteiger partial charge in [-0.25, -0.2) is 14.3 Å². The Balaban J connectivity index is 2.13. The summed E-state index contributed by atoms with van der Waals surface area (Å²) in [7, 11) is 0. The topological polar surface area (TPSA) is 100 Å². The van der Waals surface area contributed by atoms with Crippen LogP contribution in [0.5, 0.6) is 0 Å². The zero-order chi connectivity index (χ0) is 10.7. The van der Waals surface area contributed by atoms with Gasteiger partial charge in [-0.2, -0.15) is 0 Å². The summed E-state index contributed by atoms with van der Waals surface area (Å²) in [4.78, 5) is 3.82. The van der Waals surface area contributed by atoms with Gasteiger partial charge in [0.05, 0.1) is 0 Å². The Hall–Kier alpha value is -1.99. The van der Waals surface area contributed by atoms with Crippen molar-refractivity contribution in [3.05, 3.63) is 12.2 Å². The molecule has 0 aliphatic rings. The van der Waals surface area contributed by atoms with E-state index >= 15 is 0 Å². The fraction of sp³-hybridized carbons (Fsp3) is 0.571. The van der Waals surface area contributed by atoms with Crippen LogP contribution in [0.1, 0.15) is 19.2 Å². The van der Waals surface area contributed by atoms with Crippen molar-refractivity contribution in [2.75, 3.05) is 5.73 Å². The summed E-state index contributed by atoms with van der Waals surface area (Å²) in [6, 6.07) is 0. The Kier molecular flexibility index (Phi) is 2.57. The van der Waals surface area contributed by atoms with E-state index in [-0.39, 0.29) is 5.95 Å². The molecule has 0 amide bonds. The van der Waals surface area contributed by atoms with E-state index in [1.807, 2.05) is 0 Å². The molecule has 2 aromatic heterocycles. The minimum atomic E-state index is 0.254. The molecule has 2 aromatic rings. The molecule has 2 heterocycles. The number of aromatic nitrogens is 7. The van der Waals surface area contributed by atoms with Crippen LogP contribution in [0, 0.1) is 0 Å². The van der Waals surface area contributed by atoms with Crippen molar-refractivity contribution >= 4 is 5.95 Å². The molecular weight excluding hydrogens is 196 g/mol. The maximum Gasteiger partial charge on any atom is 0.239 e. The molecule has 0 aromatic carbocycles. The van der Waals surface area contributed by atoms with Gasteiger partial charge in [-0.3, -0.25) is 0 Å². The molecule has 8 nitrogen and oxygen atoms in total. The second kappa shape index (κ2) is 4.03. The predicted molar refractivity (Wildman–Crippen MR) is 51.6 cm³/mol. The summed E-state index contributed by atoms with van der Waals surface area (Å²) in [6.45, 7) is 3.35. The van der Waals surface area contributed by atoms with Gasteiger partial charge in [0.15, 0.2) is 5.82 Å². The Morgan fingerprint density at radius 2 is 2.33 bits per heavy atom. The fourth-order valence-corrected chi connectivity index (χ4v) is 1.25. The summed E-state index contributed by atoms with van der Waals surface area (Å²) >= 11 is 0. The highest BCUT2D eigenvalue weighted by atomic mass is 15.5. The van der Waals surface area contributed by atoms with Crippen LogP contribution in [0.2, 0.25) is 0 Å². The average molecular weight is 208 g/mol. The summed E-state index contributed by atoms with van der Waals surface area (Å²) in [5, 5.41) is 15.4. The number of tetrazole rings is 1. The minimum absolute atomic E-state index is 0.254. The van der Waals surface area contributed by atoms with Gasteiger partial charge in [-0.1, -0.05) is 6.92 Å². The molecule has 0 saturated heterocycles. The molecule has 2 rings (SSSR count). The molecule has 8 heteroatoms. The van der Waals surface area contributed by atoms with E-state index in [1.54, 1.807) is 15.7 Å². The Morgan fingerprint density at radius 1 is 1.47 bits per heavy atom. The van der Waals surface area contributed by atoms with Crippen molar-refractivity contribution in [1.29, 1.82) is 0 Å². The molecule has 0 bridgehead atoms. The van der Waals surface area contributed by atoms with Crippen LogP contribution in [-0.4, -0.2) is 35.0 Å². The number of aryl methyl sites for hydroxylation is 1. The van der Waals surface area contributed by atoms with E-state index in [1.165, 1.54) is 0 Å². The van der Waals surface area contributed by atoms with Gasteiger partial charge in [0.2, 0.25) is 5.95 Å². The van der Waals surface area contributed by atoms with Gasteiger partial charge in [0.25, 0.3) is 0 Å². The van der Waals surface area contributed by atoms with E-state index in [0.717, 1.165) is 18.8 Å². The van der Waals surface area contributed by atoms with Gasteiger partial charge in [-0.05, 0) is 16.8 Å². The second-order valence-electron chi connectivity index (χ2n) is 3.12. The molecule has 0 radical (unpaired) electrons. The molecule has 80 valence electrons. The largest absolute Gasteiger partial charge is 0.367 e. The van der Waals surface area contributed by atoms with E-state index in [4.69, 9.17) is 5.73 Å². The van der Waals surface area contributed by atoms with E-state index in [0.29, 0.717) is 6.54 Å². The standard InChI is InChI=1S/C7H12N8/c1-2-3-15-6(10-12-13-15)4-14-5-9-7(8)11-14/h5H,2-4H2,1H3,(H2,8,11). The first-order valence-corrected chi connectivity index (χ1v) is 4.69. The lowest BCUT2D eigenvalue weighted by Gasteiger charge is -2.01. The predicted octanol–water partition coefficient (Wildman–Crippen LogP) is -0.695.